The Morgan fingerprint density at radius 2 is 1.53 bits per heavy atom. The summed E-state index contributed by atoms with van der Waals surface area (Å²) in [6, 6.07) is 10.0. The van der Waals surface area contributed by atoms with Crippen LogP contribution >= 0.6 is 35.6 Å². The predicted molar refractivity (Wildman–Crippen MR) is 148 cm³/mol. The van der Waals surface area contributed by atoms with Crippen LogP contribution in [-0.2, 0) is 30.2 Å². The third-order valence-corrected chi connectivity index (χ3v) is 13.3. The first-order valence-corrected chi connectivity index (χ1v) is 15.3. The Kier molecular flexibility index (Phi) is 10.8. The van der Waals surface area contributed by atoms with Crippen LogP contribution in [0.1, 0.15) is 30.4 Å². The van der Waals surface area contributed by atoms with Crippen LogP contribution in [0.5, 0.6) is 11.5 Å². The molecule has 202 valence electrons. The number of sulfone groups is 2. The van der Waals surface area contributed by atoms with E-state index in [9.17, 15) is 16.8 Å². The number of rotatable bonds is 10. The molecule has 1 heterocycles. The van der Waals surface area contributed by atoms with Gasteiger partial charge in [0.2, 0.25) is 0 Å². The lowest BCUT2D eigenvalue weighted by molar-refractivity contribution is 0.325. The molecule has 1 aliphatic rings. The van der Waals surface area contributed by atoms with Crippen molar-refractivity contribution in [2.45, 2.75) is 29.8 Å². The Morgan fingerprint density at radius 1 is 0.889 bits per heavy atom. The van der Waals surface area contributed by atoms with E-state index < -0.39 is 23.8 Å². The molecule has 0 aliphatic carbocycles. The Bertz CT molecular complexity index is 1230. The summed E-state index contributed by atoms with van der Waals surface area (Å²) >= 11 is 12.2. The van der Waals surface area contributed by atoms with E-state index in [2.05, 4.69) is 4.90 Å². The maximum Gasteiger partial charge on any atom is 0.198 e. The van der Waals surface area contributed by atoms with E-state index in [-0.39, 0.29) is 52.4 Å². The fourth-order valence-electron chi connectivity index (χ4n) is 4.56. The molecule has 2 aromatic rings. The molecule has 36 heavy (non-hydrogen) atoms. The first-order chi connectivity index (χ1) is 16.5. The van der Waals surface area contributed by atoms with Gasteiger partial charge >= 0.3 is 0 Å². The molecule has 2 aromatic carbocycles. The second-order valence-electron chi connectivity index (χ2n) is 8.72. The molecule has 0 saturated carbocycles. The van der Waals surface area contributed by atoms with Gasteiger partial charge in [-0.2, -0.15) is 0 Å². The van der Waals surface area contributed by atoms with Gasteiger partial charge in [0.25, 0.3) is 0 Å². The highest BCUT2D eigenvalue weighted by molar-refractivity contribution is 8.10. The molecule has 12 heteroatoms. The van der Waals surface area contributed by atoms with Gasteiger partial charge in [0.15, 0.2) is 35.3 Å². The van der Waals surface area contributed by atoms with E-state index in [1.165, 1.54) is 18.2 Å². The molecule has 1 fully saturated rings. The number of ether oxygens (including phenoxy) is 2. The number of methoxy groups -OCH3 is 2. The molecule has 0 amide bonds. The fraction of sp³-hybridized carbons (Fsp3) is 0.500. The first kappa shape index (κ1) is 31.0. The summed E-state index contributed by atoms with van der Waals surface area (Å²) in [5.41, 5.74) is 1.23. The maximum atomic E-state index is 13.3. The van der Waals surface area contributed by atoms with Crippen LogP contribution in [0.15, 0.2) is 36.4 Å². The average molecular weight is 601 g/mol. The topological polar surface area (TPSA) is 90.0 Å². The van der Waals surface area contributed by atoms with Gasteiger partial charge in [-0.15, -0.1) is 12.4 Å². The smallest absolute Gasteiger partial charge is 0.198 e. The van der Waals surface area contributed by atoms with E-state index in [1.54, 1.807) is 14.2 Å². The molecular formula is C24H32Cl3NO6S2. The molecule has 7 nitrogen and oxygen atoms in total. The normalized spacial score (nSPS) is 17.8. The van der Waals surface area contributed by atoms with Crippen LogP contribution in [0.2, 0.25) is 10.0 Å². The van der Waals surface area contributed by atoms with Gasteiger partial charge in [-0.3, -0.25) is 0 Å². The van der Waals surface area contributed by atoms with E-state index in [0.29, 0.717) is 31.0 Å². The second kappa shape index (κ2) is 12.5. The summed E-state index contributed by atoms with van der Waals surface area (Å²) in [7, 11) is -2.85. The monoisotopic (exact) mass is 599 g/mol. The number of likely N-dealkylation sites (N-methyl/N-ethyl adjacent to an activating group) is 1. The zero-order valence-corrected chi connectivity index (χ0v) is 24.5. The maximum absolute atomic E-state index is 13.3. The van der Waals surface area contributed by atoms with Gasteiger partial charge in [0.05, 0.1) is 35.8 Å². The van der Waals surface area contributed by atoms with E-state index in [0.717, 1.165) is 12.0 Å². The quantitative estimate of drug-likeness (QED) is 0.388. The second-order valence-corrected chi connectivity index (χ2v) is 14.5. The summed E-state index contributed by atoms with van der Waals surface area (Å²) in [5, 5.41) is 0.373. The van der Waals surface area contributed by atoms with E-state index in [1.807, 2.05) is 25.2 Å². The van der Waals surface area contributed by atoms with Crippen LogP contribution in [0.4, 0.5) is 0 Å². The molecule has 0 unspecified atom stereocenters. The highest BCUT2D eigenvalue weighted by Gasteiger charge is 2.57. The molecule has 0 spiro atoms. The molecule has 3 rings (SSSR count). The third kappa shape index (κ3) is 6.25. The van der Waals surface area contributed by atoms with Crippen molar-refractivity contribution < 1.29 is 26.3 Å². The van der Waals surface area contributed by atoms with Crippen LogP contribution in [-0.4, -0.2) is 67.6 Å². The minimum atomic E-state index is -3.98. The number of benzene rings is 2. The zero-order chi connectivity index (χ0) is 25.9. The van der Waals surface area contributed by atoms with Crippen molar-refractivity contribution in [3.05, 3.63) is 57.6 Å². The van der Waals surface area contributed by atoms with Crippen LogP contribution in [0, 0.1) is 0 Å². The van der Waals surface area contributed by atoms with Gasteiger partial charge in [-0.1, -0.05) is 35.3 Å². The van der Waals surface area contributed by atoms with Crippen molar-refractivity contribution in [1.82, 2.24) is 4.90 Å². The fourth-order valence-corrected chi connectivity index (χ4v) is 10.7. The molecule has 0 N–H and O–H groups in total. The Hall–Kier alpha value is -1.23. The highest BCUT2D eigenvalue weighted by atomic mass is 35.5. The summed E-state index contributed by atoms with van der Waals surface area (Å²) in [6.07, 6.45) is 1.17. The summed E-state index contributed by atoms with van der Waals surface area (Å²) in [6.45, 7) is 1.23. The van der Waals surface area contributed by atoms with Crippen LogP contribution < -0.4 is 9.47 Å². The SMILES string of the molecule is COc1ccc(CCN(C)CCCC2(c3ccc(Cl)c(Cl)c3)S(=O)(=O)CCCS2(=O)=O)cc1OC.Cl. The lowest BCUT2D eigenvalue weighted by Gasteiger charge is -2.37. The van der Waals surface area contributed by atoms with Gasteiger partial charge in [0, 0.05) is 6.54 Å². The van der Waals surface area contributed by atoms with Crippen molar-refractivity contribution in [2.75, 3.05) is 45.9 Å². The predicted octanol–water partition coefficient (Wildman–Crippen LogP) is 4.77. The van der Waals surface area contributed by atoms with Crippen LogP contribution in [0.25, 0.3) is 0 Å². The zero-order valence-electron chi connectivity index (χ0n) is 20.5. The Balaban J connectivity index is 0.00000456. The van der Waals surface area contributed by atoms with Gasteiger partial charge in [0.1, 0.15) is 0 Å². The molecule has 1 aliphatic heterocycles. The van der Waals surface area contributed by atoms with E-state index in [4.69, 9.17) is 32.7 Å². The van der Waals surface area contributed by atoms with Crippen molar-refractivity contribution >= 4 is 55.3 Å². The van der Waals surface area contributed by atoms with Gasteiger partial charge in [-0.05, 0) is 74.7 Å². The minimum absolute atomic E-state index is 0. The van der Waals surface area contributed by atoms with E-state index >= 15 is 0 Å². The average Bonchev–Trinajstić information content (AvgIpc) is 2.80. The number of nitrogens with zero attached hydrogens (tertiary/aromatic N) is 1. The molecule has 0 atom stereocenters. The molecule has 0 bridgehead atoms. The largest absolute Gasteiger partial charge is 0.493 e. The van der Waals surface area contributed by atoms with Gasteiger partial charge in [-0.25, -0.2) is 16.8 Å². The third-order valence-electron chi connectivity index (χ3n) is 6.47. The molecule has 0 aromatic heterocycles. The number of halogens is 3. The van der Waals surface area contributed by atoms with Crippen molar-refractivity contribution in [1.29, 1.82) is 0 Å². The van der Waals surface area contributed by atoms with Gasteiger partial charge < -0.3 is 14.4 Å². The van der Waals surface area contributed by atoms with Crippen LogP contribution in [0.3, 0.4) is 0 Å². The summed E-state index contributed by atoms with van der Waals surface area (Å²) in [4.78, 5) is 2.06. The molecule has 1 saturated heterocycles. The van der Waals surface area contributed by atoms with Crippen molar-refractivity contribution in [2.24, 2.45) is 0 Å². The lowest BCUT2D eigenvalue weighted by atomic mass is 10.1. The first-order valence-electron chi connectivity index (χ1n) is 11.3. The van der Waals surface area contributed by atoms with Crippen molar-refractivity contribution in [3.63, 3.8) is 0 Å². The minimum Gasteiger partial charge on any atom is -0.493 e. The Labute approximate surface area is 230 Å². The highest BCUT2D eigenvalue weighted by Crippen LogP contribution is 2.46. The lowest BCUT2D eigenvalue weighted by Crippen LogP contribution is -2.50. The number of hydrogen-bond acceptors (Lipinski definition) is 7. The summed E-state index contributed by atoms with van der Waals surface area (Å²) in [5.74, 6) is 0.958. The number of hydrogen-bond donors (Lipinski definition) is 0. The standard InChI is InChI=1S/C24H31Cl2NO6S2.ClH/c1-27(13-10-18-6-9-22(32-2)23(16-18)33-3)12-4-11-24(19-7-8-20(25)21(26)17-19)34(28,29)14-5-15-35(24,30)31;/h6-9,16-17H,4-5,10-15H2,1-3H3;1H. The molecule has 0 radical (unpaired) electrons. The summed E-state index contributed by atoms with van der Waals surface area (Å²) < 4.78 is 61.9. The van der Waals surface area contributed by atoms with Crippen molar-refractivity contribution in [3.8, 4) is 11.5 Å². The molecular weight excluding hydrogens is 569 g/mol. The Morgan fingerprint density at radius 3 is 2.11 bits per heavy atom.